The highest BCUT2D eigenvalue weighted by atomic mass is 14.2. The molecule has 0 bridgehead atoms. The average molecular weight is 296 g/mol. The van der Waals surface area contributed by atoms with E-state index in [1.807, 2.05) is 0 Å². The Labute approximate surface area is 136 Å². The van der Waals surface area contributed by atoms with Crippen LogP contribution in [0, 0.1) is 18.3 Å². The molecule has 0 N–H and O–H groups in total. The summed E-state index contributed by atoms with van der Waals surface area (Å²) < 4.78 is 0. The molecule has 21 heavy (non-hydrogen) atoms. The fourth-order valence-corrected chi connectivity index (χ4v) is 3.28. The van der Waals surface area contributed by atoms with Crippen molar-refractivity contribution in [1.82, 2.24) is 0 Å². The molecule has 0 aromatic carbocycles. The summed E-state index contributed by atoms with van der Waals surface area (Å²) in [5.74, 6) is 1.73. The highest BCUT2D eigenvalue weighted by molar-refractivity contribution is 4.81. The molecule has 0 fully saturated rings. The standard InChI is InChI=1S/C21H43/c1-5-8-11-12-15-18-21(17-14-10-7-3)19-20(4)16-13-9-6-2/h19-21H,5-18H2,1-4H3. The number of rotatable bonds is 16. The van der Waals surface area contributed by atoms with Gasteiger partial charge in [-0.3, -0.25) is 0 Å². The van der Waals surface area contributed by atoms with E-state index in [0.29, 0.717) is 0 Å². The van der Waals surface area contributed by atoms with E-state index >= 15 is 0 Å². The van der Waals surface area contributed by atoms with Crippen LogP contribution in [0.25, 0.3) is 0 Å². The quantitative estimate of drug-likeness (QED) is 0.253. The molecule has 0 amide bonds. The maximum absolute atomic E-state index is 2.71. The lowest BCUT2D eigenvalue weighted by atomic mass is 9.85. The molecule has 0 saturated carbocycles. The van der Waals surface area contributed by atoms with Gasteiger partial charge in [-0.1, -0.05) is 118 Å². The molecular weight excluding hydrogens is 252 g/mol. The fourth-order valence-electron chi connectivity index (χ4n) is 3.28. The van der Waals surface area contributed by atoms with Gasteiger partial charge in [0.1, 0.15) is 0 Å². The van der Waals surface area contributed by atoms with Crippen molar-refractivity contribution in [2.75, 3.05) is 0 Å². The monoisotopic (exact) mass is 295 g/mol. The average Bonchev–Trinajstić information content (AvgIpc) is 2.47. The Morgan fingerprint density at radius 3 is 1.57 bits per heavy atom. The van der Waals surface area contributed by atoms with Crippen molar-refractivity contribution in [2.45, 2.75) is 118 Å². The first-order valence-electron chi connectivity index (χ1n) is 10.1. The predicted molar refractivity (Wildman–Crippen MR) is 98.6 cm³/mol. The van der Waals surface area contributed by atoms with Crippen LogP contribution < -0.4 is 0 Å². The van der Waals surface area contributed by atoms with Crippen molar-refractivity contribution < 1.29 is 0 Å². The van der Waals surface area contributed by atoms with E-state index in [1.165, 1.54) is 89.9 Å². The summed E-state index contributed by atoms with van der Waals surface area (Å²) in [7, 11) is 0. The molecule has 0 aliphatic carbocycles. The van der Waals surface area contributed by atoms with Crippen LogP contribution in [-0.4, -0.2) is 0 Å². The Kier molecular flexibility index (Phi) is 16.4. The normalized spacial score (nSPS) is 14.3. The van der Waals surface area contributed by atoms with Crippen molar-refractivity contribution in [3.63, 3.8) is 0 Å². The lowest BCUT2D eigenvalue weighted by Crippen LogP contribution is -2.08. The van der Waals surface area contributed by atoms with Crippen molar-refractivity contribution in [2.24, 2.45) is 11.8 Å². The largest absolute Gasteiger partial charge is 0.0654 e. The Balaban J connectivity index is 3.88. The summed E-state index contributed by atoms with van der Waals surface area (Å²) in [5.41, 5.74) is 0. The Hall–Kier alpha value is 0. The first-order valence-corrected chi connectivity index (χ1v) is 10.1. The van der Waals surface area contributed by atoms with Crippen LogP contribution in [0.3, 0.4) is 0 Å². The van der Waals surface area contributed by atoms with Crippen LogP contribution in [0.2, 0.25) is 0 Å². The molecule has 0 heterocycles. The summed E-state index contributed by atoms with van der Waals surface area (Å²) in [6.07, 6.45) is 22.6. The van der Waals surface area contributed by atoms with Crippen molar-refractivity contribution in [3.8, 4) is 0 Å². The summed E-state index contributed by atoms with van der Waals surface area (Å²) in [6, 6.07) is 0. The van der Waals surface area contributed by atoms with Gasteiger partial charge in [0.15, 0.2) is 0 Å². The summed E-state index contributed by atoms with van der Waals surface area (Å²) in [4.78, 5) is 0. The highest BCUT2D eigenvalue weighted by Gasteiger charge is 2.13. The molecule has 0 spiro atoms. The summed E-state index contributed by atoms with van der Waals surface area (Å²) in [5, 5.41) is 0. The van der Waals surface area contributed by atoms with Gasteiger partial charge in [-0.05, 0) is 18.3 Å². The molecule has 0 aromatic heterocycles. The lowest BCUT2D eigenvalue weighted by molar-refractivity contribution is 0.400. The van der Waals surface area contributed by atoms with E-state index in [2.05, 4.69) is 34.1 Å². The van der Waals surface area contributed by atoms with Gasteiger partial charge < -0.3 is 0 Å². The van der Waals surface area contributed by atoms with E-state index in [0.717, 1.165) is 11.8 Å². The second-order valence-corrected chi connectivity index (χ2v) is 7.12. The van der Waals surface area contributed by atoms with Crippen molar-refractivity contribution >= 4 is 0 Å². The number of unbranched alkanes of at least 4 members (excludes halogenated alkanes) is 8. The van der Waals surface area contributed by atoms with Gasteiger partial charge in [-0.25, -0.2) is 0 Å². The Bertz CT molecular complexity index is 184. The number of hydrogen-bond acceptors (Lipinski definition) is 0. The van der Waals surface area contributed by atoms with Crippen LogP contribution in [0.5, 0.6) is 0 Å². The minimum Gasteiger partial charge on any atom is -0.0654 e. The minimum absolute atomic E-state index is 0.832. The van der Waals surface area contributed by atoms with Crippen LogP contribution >= 0.6 is 0 Å². The lowest BCUT2D eigenvalue weighted by Gasteiger charge is -2.21. The summed E-state index contributed by atoms with van der Waals surface area (Å²) in [6.45, 7) is 9.37. The molecule has 0 aromatic rings. The van der Waals surface area contributed by atoms with E-state index in [-0.39, 0.29) is 0 Å². The molecule has 2 atom stereocenters. The molecule has 1 radical (unpaired) electrons. The molecule has 127 valence electrons. The van der Waals surface area contributed by atoms with Gasteiger partial charge >= 0.3 is 0 Å². The van der Waals surface area contributed by atoms with Gasteiger partial charge in [-0.15, -0.1) is 0 Å². The maximum Gasteiger partial charge on any atom is -0.0326 e. The van der Waals surface area contributed by atoms with E-state index in [1.54, 1.807) is 0 Å². The third kappa shape index (κ3) is 14.7. The molecule has 0 aliphatic heterocycles. The molecule has 0 saturated heterocycles. The van der Waals surface area contributed by atoms with Gasteiger partial charge in [0, 0.05) is 0 Å². The molecule has 0 aliphatic rings. The third-order valence-corrected chi connectivity index (χ3v) is 4.72. The summed E-state index contributed by atoms with van der Waals surface area (Å²) >= 11 is 0. The van der Waals surface area contributed by atoms with Crippen molar-refractivity contribution in [3.05, 3.63) is 6.42 Å². The second kappa shape index (κ2) is 16.4. The maximum atomic E-state index is 2.71. The van der Waals surface area contributed by atoms with E-state index in [9.17, 15) is 0 Å². The smallest absolute Gasteiger partial charge is 0.0326 e. The van der Waals surface area contributed by atoms with Gasteiger partial charge in [0.25, 0.3) is 0 Å². The SMILES string of the molecule is CCCCCCCC([CH]C(C)CCCCC)CCCCC. The molecular formula is C21H43. The van der Waals surface area contributed by atoms with Crippen LogP contribution in [-0.2, 0) is 0 Å². The fraction of sp³-hybridized carbons (Fsp3) is 0.952. The van der Waals surface area contributed by atoms with Crippen LogP contribution in [0.1, 0.15) is 118 Å². The number of hydrogen-bond donors (Lipinski definition) is 0. The van der Waals surface area contributed by atoms with Crippen molar-refractivity contribution in [1.29, 1.82) is 0 Å². The molecule has 0 heteroatoms. The van der Waals surface area contributed by atoms with Crippen LogP contribution in [0.15, 0.2) is 0 Å². The Morgan fingerprint density at radius 1 is 0.571 bits per heavy atom. The topological polar surface area (TPSA) is 0 Å². The van der Waals surface area contributed by atoms with E-state index in [4.69, 9.17) is 0 Å². The van der Waals surface area contributed by atoms with Gasteiger partial charge in [-0.2, -0.15) is 0 Å². The molecule has 0 nitrogen and oxygen atoms in total. The third-order valence-electron chi connectivity index (χ3n) is 4.72. The van der Waals surface area contributed by atoms with Gasteiger partial charge in [0.05, 0.1) is 0 Å². The van der Waals surface area contributed by atoms with Crippen LogP contribution in [0.4, 0.5) is 0 Å². The molecule has 0 rings (SSSR count). The highest BCUT2D eigenvalue weighted by Crippen LogP contribution is 2.26. The first kappa shape index (κ1) is 21.0. The van der Waals surface area contributed by atoms with Gasteiger partial charge in [0.2, 0.25) is 0 Å². The first-order chi connectivity index (χ1) is 10.2. The van der Waals surface area contributed by atoms with E-state index < -0.39 is 0 Å². The predicted octanol–water partition coefficient (Wildman–Crippen LogP) is 7.96. The molecule has 2 unspecified atom stereocenters. The second-order valence-electron chi connectivity index (χ2n) is 7.12. The zero-order valence-corrected chi connectivity index (χ0v) is 15.6. The zero-order valence-electron chi connectivity index (χ0n) is 15.6. The zero-order chi connectivity index (χ0) is 15.8. The Morgan fingerprint density at radius 2 is 1.00 bits per heavy atom. The minimum atomic E-state index is 0.832.